The average Bonchev–Trinajstić information content (AvgIpc) is 2.53. The molecular formula is C16H18N2O5S2. The minimum absolute atomic E-state index is 0.148. The van der Waals surface area contributed by atoms with Crippen molar-refractivity contribution in [2.24, 2.45) is 0 Å². The van der Waals surface area contributed by atoms with Crippen LogP contribution >= 0.6 is 0 Å². The van der Waals surface area contributed by atoms with Crippen molar-refractivity contribution in [3.05, 3.63) is 48.0 Å². The molecule has 0 aromatic heterocycles. The van der Waals surface area contributed by atoms with Gasteiger partial charge in [-0.2, -0.15) is 0 Å². The Kier molecular flexibility index (Phi) is 4.38. The van der Waals surface area contributed by atoms with Gasteiger partial charge in [0.15, 0.2) is 0 Å². The van der Waals surface area contributed by atoms with Gasteiger partial charge in [-0.3, -0.25) is 9.03 Å². The molecule has 0 aliphatic carbocycles. The molecule has 0 atom stereocenters. The molecule has 0 bridgehead atoms. The van der Waals surface area contributed by atoms with Crippen molar-refractivity contribution in [2.45, 2.75) is 11.8 Å². The standard InChI is InChI=1S/C16H18N2O5S2/c1-12-3-6-14(7-4-12)25(21,22)17-13-5-8-15-16(11-13)23-10-9-18(15)24(2,19)20/h3-8,11,17H,9-10H2,1-2H3. The van der Waals surface area contributed by atoms with Gasteiger partial charge in [0.1, 0.15) is 12.4 Å². The van der Waals surface area contributed by atoms with Crippen LogP contribution in [0.2, 0.25) is 0 Å². The van der Waals surface area contributed by atoms with E-state index in [2.05, 4.69) is 4.72 Å². The normalized spacial score (nSPS) is 14.6. The summed E-state index contributed by atoms with van der Waals surface area (Å²) in [6, 6.07) is 11.0. The van der Waals surface area contributed by atoms with Crippen LogP contribution in [0.25, 0.3) is 0 Å². The number of rotatable bonds is 4. The Morgan fingerprint density at radius 1 is 1.04 bits per heavy atom. The molecule has 2 aromatic rings. The van der Waals surface area contributed by atoms with Crippen molar-refractivity contribution in [1.29, 1.82) is 0 Å². The van der Waals surface area contributed by atoms with Gasteiger partial charge in [0.25, 0.3) is 10.0 Å². The zero-order valence-corrected chi connectivity index (χ0v) is 15.4. The lowest BCUT2D eigenvalue weighted by atomic mass is 10.2. The summed E-state index contributed by atoms with van der Waals surface area (Å²) in [5.74, 6) is 0.320. The van der Waals surface area contributed by atoms with E-state index < -0.39 is 20.0 Å². The fourth-order valence-electron chi connectivity index (χ4n) is 2.53. The summed E-state index contributed by atoms with van der Waals surface area (Å²) in [5, 5.41) is 0. The van der Waals surface area contributed by atoms with Crippen LogP contribution in [-0.4, -0.2) is 36.2 Å². The van der Waals surface area contributed by atoms with Gasteiger partial charge in [-0.25, -0.2) is 16.8 Å². The summed E-state index contributed by atoms with van der Waals surface area (Å²) < 4.78 is 57.8. The largest absolute Gasteiger partial charge is 0.489 e. The molecule has 25 heavy (non-hydrogen) atoms. The summed E-state index contributed by atoms with van der Waals surface area (Å²) >= 11 is 0. The highest BCUT2D eigenvalue weighted by Crippen LogP contribution is 2.35. The summed E-state index contributed by atoms with van der Waals surface area (Å²) in [4.78, 5) is 0.148. The SMILES string of the molecule is Cc1ccc(S(=O)(=O)Nc2ccc3c(c2)OCCN3S(C)(=O)=O)cc1. The Balaban J connectivity index is 1.91. The Morgan fingerprint density at radius 2 is 1.72 bits per heavy atom. The topological polar surface area (TPSA) is 92.8 Å². The molecule has 0 spiro atoms. The first-order chi connectivity index (χ1) is 11.7. The molecule has 1 heterocycles. The highest BCUT2D eigenvalue weighted by Gasteiger charge is 2.26. The lowest BCUT2D eigenvalue weighted by Crippen LogP contribution is -2.37. The molecule has 134 valence electrons. The van der Waals surface area contributed by atoms with Crippen LogP contribution < -0.4 is 13.8 Å². The first-order valence-corrected chi connectivity index (χ1v) is 10.8. The average molecular weight is 382 g/mol. The van der Waals surface area contributed by atoms with Crippen LogP contribution in [-0.2, 0) is 20.0 Å². The van der Waals surface area contributed by atoms with Crippen molar-refractivity contribution in [3.63, 3.8) is 0 Å². The van der Waals surface area contributed by atoms with E-state index >= 15 is 0 Å². The number of benzene rings is 2. The fourth-order valence-corrected chi connectivity index (χ4v) is 4.50. The molecule has 9 heteroatoms. The number of sulfonamides is 2. The Morgan fingerprint density at radius 3 is 2.36 bits per heavy atom. The minimum Gasteiger partial charge on any atom is -0.489 e. The second-order valence-corrected chi connectivity index (χ2v) is 9.37. The summed E-state index contributed by atoms with van der Waals surface area (Å²) in [7, 11) is -7.16. The van der Waals surface area contributed by atoms with E-state index in [0.29, 0.717) is 17.1 Å². The smallest absolute Gasteiger partial charge is 0.261 e. The Bertz CT molecular complexity index is 999. The van der Waals surface area contributed by atoms with Gasteiger partial charge in [0, 0.05) is 6.07 Å². The third kappa shape index (κ3) is 3.72. The van der Waals surface area contributed by atoms with Crippen LogP contribution in [0, 0.1) is 6.92 Å². The molecule has 2 aromatic carbocycles. The zero-order valence-electron chi connectivity index (χ0n) is 13.8. The van der Waals surface area contributed by atoms with Gasteiger partial charge in [-0.05, 0) is 31.2 Å². The number of hydrogen-bond acceptors (Lipinski definition) is 5. The molecule has 0 amide bonds. The van der Waals surface area contributed by atoms with E-state index in [4.69, 9.17) is 4.74 Å². The summed E-state index contributed by atoms with van der Waals surface area (Å²) in [5.41, 5.74) is 1.66. The third-order valence-electron chi connectivity index (χ3n) is 3.76. The van der Waals surface area contributed by atoms with Crippen molar-refractivity contribution < 1.29 is 21.6 Å². The molecule has 1 aliphatic rings. The predicted octanol–water partition coefficient (Wildman–Crippen LogP) is 1.95. The zero-order chi connectivity index (χ0) is 18.2. The minimum atomic E-state index is -3.74. The summed E-state index contributed by atoms with van der Waals surface area (Å²) in [6.07, 6.45) is 1.12. The van der Waals surface area contributed by atoms with Gasteiger partial charge in [0.2, 0.25) is 10.0 Å². The Labute approximate surface area is 147 Å². The van der Waals surface area contributed by atoms with E-state index in [1.54, 1.807) is 12.1 Å². The first-order valence-electron chi connectivity index (χ1n) is 7.51. The number of anilines is 2. The fraction of sp³-hybridized carbons (Fsp3) is 0.250. The van der Waals surface area contributed by atoms with Gasteiger partial charge in [-0.15, -0.1) is 0 Å². The van der Waals surface area contributed by atoms with E-state index in [1.165, 1.54) is 34.6 Å². The maximum atomic E-state index is 12.4. The number of hydrogen-bond donors (Lipinski definition) is 1. The van der Waals surface area contributed by atoms with Crippen LogP contribution in [0.5, 0.6) is 5.75 Å². The molecule has 3 rings (SSSR count). The van der Waals surface area contributed by atoms with Crippen molar-refractivity contribution in [3.8, 4) is 5.75 Å². The second-order valence-electron chi connectivity index (χ2n) is 5.78. The highest BCUT2D eigenvalue weighted by atomic mass is 32.2. The second kappa shape index (κ2) is 6.23. The van der Waals surface area contributed by atoms with Crippen LogP contribution in [0.4, 0.5) is 11.4 Å². The third-order valence-corrected chi connectivity index (χ3v) is 6.34. The monoisotopic (exact) mass is 382 g/mol. The molecular weight excluding hydrogens is 364 g/mol. The Hall–Kier alpha value is -2.26. The number of nitrogens with one attached hydrogen (secondary N) is 1. The molecule has 0 saturated heterocycles. The quantitative estimate of drug-likeness (QED) is 0.872. The molecule has 0 fully saturated rings. The number of ether oxygens (including phenoxy) is 1. The van der Waals surface area contributed by atoms with Crippen LogP contribution in [0.3, 0.4) is 0 Å². The van der Waals surface area contributed by atoms with E-state index in [-0.39, 0.29) is 18.0 Å². The molecule has 0 saturated carbocycles. The summed E-state index contributed by atoms with van der Waals surface area (Å²) in [6.45, 7) is 2.30. The van der Waals surface area contributed by atoms with Crippen LogP contribution in [0.15, 0.2) is 47.4 Å². The molecule has 7 nitrogen and oxygen atoms in total. The van der Waals surface area contributed by atoms with Crippen molar-refractivity contribution in [2.75, 3.05) is 28.4 Å². The molecule has 0 radical (unpaired) electrons. The van der Waals surface area contributed by atoms with E-state index in [1.807, 2.05) is 6.92 Å². The van der Waals surface area contributed by atoms with Crippen LogP contribution in [0.1, 0.15) is 5.56 Å². The molecule has 1 aliphatic heterocycles. The van der Waals surface area contributed by atoms with E-state index in [0.717, 1.165) is 11.8 Å². The number of nitrogens with zero attached hydrogens (tertiary/aromatic N) is 1. The molecule has 1 N–H and O–H groups in total. The highest BCUT2D eigenvalue weighted by molar-refractivity contribution is 7.92. The van der Waals surface area contributed by atoms with Gasteiger partial charge in [-0.1, -0.05) is 17.7 Å². The number of aryl methyl sites for hydroxylation is 1. The first kappa shape index (κ1) is 17.6. The maximum Gasteiger partial charge on any atom is 0.261 e. The van der Waals surface area contributed by atoms with Crippen molar-refractivity contribution >= 4 is 31.4 Å². The lowest BCUT2D eigenvalue weighted by Gasteiger charge is -2.29. The lowest BCUT2D eigenvalue weighted by molar-refractivity contribution is 0.316. The predicted molar refractivity (Wildman–Crippen MR) is 96.1 cm³/mol. The maximum absolute atomic E-state index is 12.4. The van der Waals surface area contributed by atoms with Gasteiger partial charge < -0.3 is 4.74 Å². The van der Waals surface area contributed by atoms with Gasteiger partial charge in [0.05, 0.1) is 29.1 Å². The van der Waals surface area contributed by atoms with Gasteiger partial charge >= 0.3 is 0 Å². The molecule has 0 unspecified atom stereocenters. The van der Waals surface area contributed by atoms with E-state index in [9.17, 15) is 16.8 Å². The number of fused-ring (bicyclic) bond motifs is 1. The van der Waals surface area contributed by atoms with Crippen molar-refractivity contribution in [1.82, 2.24) is 0 Å².